The first-order valence-corrected chi connectivity index (χ1v) is 4.96. The van der Waals surface area contributed by atoms with Crippen LogP contribution in [-0.2, 0) is 4.79 Å². The molecule has 0 atom stereocenters. The average Bonchev–Trinajstić information content (AvgIpc) is 2.04. The summed E-state index contributed by atoms with van der Waals surface area (Å²) in [4.78, 5) is 10.4. The fourth-order valence-corrected chi connectivity index (χ4v) is 1.20. The topological polar surface area (TPSA) is 17.1 Å². The Morgan fingerprint density at radius 1 is 1.25 bits per heavy atom. The van der Waals surface area contributed by atoms with Gasteiger partial charge in [-0.25, -0.2) is 4.79 Å². The molecule has 1 heteroatoms. The quantitative estimate of drug-likeness (QED) is 0.439. The number of hydrogen-bond acceptors (Lipinski definition) is 1. The zero-order valence-corrected chi connectivity index (χ0v) is 8.52. The predicted octanol–water partition coefficient (Wildman–Crippen LogP) is 3.37. The van der Waals surface area contributed by atoms with Crippen LogP contribution in [0.15, 0.2) is 5.57 Å². The van der Waals surface area contributed by atoms with Gasteiger partial charge in [0.05, 0.1) is 0 Å². The first kappa shape index (κ1) is 11.4. The average molecular weight is 168 g/mol. The van der Waals surface area contributed by atoms with E-state index >= 15 is 0 Å². The summed E-state index contributed by atoms with van der Waals surface area (Å²) in [7, 11) is 0. The standard InChI is InChI=1S/C11H20O/c1-4-5-6-7-8-11(9-12)10(2)3/h10H,4-8H2,1-3H3. The number of allylic oxidation sites excluding steroid dienone is 1. The molecule has 0 amide bonds. The van der Waals surface area contributed by atoms with E-state index in [1.807, 2.05) is 5.94 Å². The van der Waals surface area contributed by atoms with Crippen LogP contribution in [0.2, 0.25) is 0 Å². The first-order valence-electron chi connectivity index (χ1n) is 4.96. The monoisotopic (exact) mass is 168 g/mol. The normalized spacial score (nSPS) is 10.0. The highest BCUT2D eigenvalue weighted by atomic mass is 16.1. The molecule has 0 rings (SSSR count). The van der Waals surface area contributed by atoms with Gasteiger partial charge in [0.1, 0.15) is 5.94 Å². The van der Waals surface area contributed by atoms with Crippen molar-refractivity contribution in [2.24, 2.45) is 5.92 Å². The summed E-state index contributed by atoms with van der Waals surface area (Å²) in [6, 6.07) is 0. The van der Waals surface area contributed by atoms with Gasteiger partial charge < -0.3 is 0 Å². The molecule has 0 radical (unpaired) electrons. The van der Waals surface area contributed by atoms with Crippen LogP contribution in [0.4, 0.5) is 0 Å². The molecule has 0 N–H and O–H groups in total. The van der Waals surface area contributed by atoms with Gasteiger partial charge in [0.15, 0.2) is 0 Å². The van der Waals surface area contributed by atoms with Crippen LogP contribution >= 0.6 is 0 Å². The molecule has 0 aromatic carbocycles. The summed E-state index contributed by atoms with van der Waals surface area (Å²) in [5.74, 6) is 2.42. The molecule has 0 aliphatic heterocycles. The van der Waals surface area contributed by atoms with Crippen LogP contribution in [0, 0.1) is 5.92 Å². The van der Waals surface area contributed by atoms with E-state index in [2.05, 4.69) is 20.8 Å². The fraction of sp³-hybridized carbons (Fsp3) is 0.818. The summed E-state index contributed by atoms with van der Waals surface area (Å²) in [6.07, 6.45) is 5.87. The van der Waals surface area contributed by atoms with Crippen LogP contribution in [0.3, 0.4) is 0 Å². The maximum Gasteiger partial charge on any atom is 0.123 e. The summed E-state index contributed by atoms with van der Waals surface area (Å²) in [5.41, 5.74) is 0.950. The van der Waals surface area contributed by atoms with Crippen molar-refractivity contribution in [2.75, 3.05) is 0 Å². The SMILES string of the molecule is CCCCCCC(=C=O)C(C)C. The number of unbranched alkanes of at least 4 members (excludes halogenated alkanes) is 3. The maximum absolute atomic E-state index is 10.4. The zero-order valence-electron chi connectivity index (χ0n) is 8.52. The lowest BCUT2D eigenvalue weighted by Crippen LogP contribution is -1.95. The van der Waals surface area contributed by atoms with E-state index in [0.717, 1.165) is 18.4 Å². The second-order valence-electron chi connectivity index (χ2n) is 3.59. The second kappa shape index (κ2) is 7.12. The van der Waals surface area contributed by atoms with E-state index in [9.17, 15) is 4.79 Å². The molecule has 0 bridgehead atoms. The van der Waals surface area contributed by atoms with Gasteiger partial charge in [-0.2, -0.15) is 0 Å². The zero-order chi connectivity index (χ0) is 9.40. The lowest BCUT2D eigenvalue weighted by atomic mass is 9.98. The number of rotatable bonds is 6. The molecule has 0 unspecified atom stereocenters. The third kappa shape index (κ3) is 5.15. The van der Waals surface area contributed by atoms with Crippen molar-refractivity contribution in [1.82, 2.24) is 0 Å². The van der Waals surface area contributed by atoms with E-state index in [1.165, 1.54) is 19.3 Å². The Morgan fingerprint density at radius 3 is 2.33 bits per heavy atom. The maximum atomic E-state index is 10.4. The summed E-state index contributed by atoms with van der Waals surface area (Å²) in [6.45, 7) is 6.30. The molecule has 70 valence electrons. The molecule has 0 heterocycles. The van der Waals surface area contributed by atoms with Crippen LogP contribution in [0.1, 0.15) is 52.9 Å². The highest BCUT2D eigenvalue weighted by Gasteiger charge is 2.03. The van der Waals surface area contributed by atoms with Crippen molar-refractivity contribution >= 4 is 5.94 Å². The van der Waals surface area contributed by atoms with Gasteiger partial charge in [-0.15, -0.1) is 0 Å². The molecule has 0 aromatic rings. The Labute approximate surface area is 75.9 Å². The lowest BCUT2D eigenvalue weighted by molar-refractivity contribution is 0.556. The number of hydrogen-bond donors (Lipinski definition) is 0. The van der Waals surface area contributed by atoms with Gasteiger partial charge in [0.25, 0.3) is 0 Å². The smallest absolute Gasteiger partial charge is 0.123 e. The Hall–Kier alpha value is -0.550. The molecule has 0 spiro atoms. The molecule has 12 heavy (non-hydrogen) atoms. The fourth-order valence-electron chi connectivity index (χ4n) is 1.20. The summed E-state index contributed by atoms with van der Waals surface area (Å²) in [5, 5.41) is 0. The third-order valence-corrected chi connectivity index (χ3v) is 2.13. The van der Waals surface area contributed by atoms with Crippen molar-refractivity contribution < 1.29 is 4.79 Å². The Balaban J connectivity index is 3.54. The van der Waals surface area contributed by atoms with Gasteiger partial charge in [-0.05, 0) is 18.8 Å². The minimum Gasteiger partial charge on any atom is -0.234 e. The van der Waals surface area contributed by atoms with Crippen LogP contribution in [0.25, 0.3) is 0 Å². The highest BCUT2D eigenvalue weighted by molar-refractivity contribution is 5.52. The predicted molar refractivity (Wildman–Crippen MR) is 52.8 cm³/mol. The Bertz CT molecular complexity index is 152. The third-order valence-electron chi connectivity index (χ3n) is 2.13. The summed E-state index contributed by atoms with van der Waals surface area (Å²) < 4.78 is 0. The van der Waals surface area contributed by atoms with Gasteiger partial charge in [0, 0.05) is 5.57 Å². The molecular formula is C11H20O. The van der Waals surface area contributed by atoms with Crippen LogP contribution < -0.4 is 0 Å². The summed E-state index contributed by atoms with van der Waals surface area (Å²) >= 11 is 0. The lowest BCUT2D eigenvalue weighted by Gasteiger charge is -2.05. The van der Waals surface area contributed by atoms with Gasteiger partial charge in [0.2, 0.25) is 0 Å². The van der Waals surface area contributed by atoms with Crippen LogP contribution in [0.5, 0.6) is 0 Å². The van der Waals surface area contributed by atoms with E-state index < -0.39 is 0 Å². The van der Waals surface area contributed by atoms with E-state index in [1.54, 1.807) is 0 Å². The largest absolute Gasteiger partial charge is 0.234 e. The molecule has 0 aliphatic rings. The molecule has 0 aromatic heterocycles. The highest BCUT2D eigenvalue weighted by Crippen LogP contribution is 2.14. The van der Waals surface area contributed by atoms with E-state index in [0.29, 0.717) is 5.92 Å². The van der Waals surface area contributed by atoms with Crippen molar-refractivity contribution in [1.29, 1.82) is 0 Å². The molecule has 0 fully saturated rings. The molecule has 0 aliphatic carbocycles. The van der Waals surface area contributed by atoms with Crippen molar-refractivity contribution in [3.8, 4) is 0 Å². The van der Waals surface area contributed by atoms with Gasteiger partial charge in [-0.1, -0.05) is 40.0 Å². The Morgan fingerprint density at radius 2 is 1.92 bits per heavy atom. The number of carbonyl (C=O) groups excluding carboxylic acids is 1. The van der Waals surface area contributed by atoms with Crippen LogP contribution in [-0.4, -0.2) is 5.94 Å². The van der Waals surface area contributed by atoms with E-state index in [4.69, 9.17) is 0 Å². The van der Waals surface area contributed by atoms with Crippen molar-refractivity contribution in [2.45, 2.75) is 52.9 Å². The second-order valence-corrected chi connectivity index (χ2v) is 3.59. The molecule has 0 saturated heterocycles. The van der Waals surface area contributed by atoms with Crippen molar-refractivity contribution in [3.63, 3.8) is 0 Å². The van der Waals surface area contributed by atoms with E-state index in [-0.39, 0.29) is 0 Å². The molecule has 0 saturated carbocycles. The molecule has 1 nitrogen and oxygen atoms in total. The first-order chi connectivity index (χ1) is 5.72. The molecular weight excluding hydrogens is 148 g/mol. The van der Waals surface area contributed by atoms with Gasteiger partial charge in [-0.3, -0.25) is 0 Å². The Kier molecular flexibility index (Phi) is 6.79. The minimum absolute atomic E-state index is 0.379. The van der Waals surface area contributed by atoms with Crippen molar-refractivity contribution in [3.05, 3.63) is 5.57 Å². The minimum atomic E-state index is 0.379. The van der Waals surface area contributed by atoms with Gasteiger partial charge >= 0.3 is 0 Å².